The third-order valence-electron chi connectivity index (χ3n) is 3.93. The molecule has 1 aromatic carbocycles. The van der Waals surface area contributed by atoms with E-state index in [1.54, 1.807) is 13.2 Å². The molecule has 1 rings (SSSR count). The van der Waals surface area contributed by atoms with E-state index in [2.05, 4.69) is 10.1 Å². The first kappa shape index (κ1) is 22.4. The summed E-state index contributed by atoms with van der Waals surface area (Å²) < 4.78 is 9.55. The van der Waals surface area contributed by atoms with Crippen molar-refractivity contribution >= 4 is 35.3 Å². The number of rotatable bonds is 9. The minimum Gasteiger partial charge on any atom is -0.467 e. The van der Waals surface area contributed by atoms with Crippen molar-refractivity contribution < 1.29 is 28.8 Å². The van der Waals surface area contributed by atoms with E-state index in [9.17, 15) is 24.5 Å². The van der Waals surface area contributed by atoms with Crippen LogP contribution < -0.4 is 5.32 Å². The Morgan fingerprint density at radius 1 is 1.33 bits per heavy atom. The van der Waals surface area contributed by atoms with Crippen molar-refractivity contribution in [1.82, 2.24) is 5.32 Å². The van der Waals surface area contributed by atoms with Crippen LogP contribution >= 0.6 is 11.8 Å². The van der Waals surface area contributed by atoms with Gasteiger partial charge in [0, 0.05) is 6.07 Å². The van der Waals surface area contributed by atoms with Gasteiger partial charge < -0.3 is 14.8 Å². The van der Waals surface area contributed by atoms with Crippen LogP contribution in [0, 0.1) is 16.0 Å². The molecule has 0 saturated carbocycles. The number of amides is 1. The molecule has 0 unspecified atom stereocenters. The summed E-state index contributed by atoms with van der Waals surface area (Å²) in [5.41, 5.74) is -0.261. The fourth-order valence-corrected chi connectivity index (χ4v) is 2.73. The van der Waals surface area contributed by atoms with Gasteiger partial charge in [-0.15, -0.1) is 11.8 Å². The largest absolute Gasteiger partial charge is 0.467 e. The maximum absolute atomic E-state index is 12.1. The summed E-state index contributed by atoms with van der Waals surface area (Å²) in [5, 5.41) is 13.5. The van der Waals surface area contributed by atoms with Gasteiger partial charge in [-0.1, -0.05) is 20.3 Å². The lowest BCUT2D eigenvalue weighted by atomic mass is 9.99. The number of benzene rings is 1. The summed E-state index contributed by atoms with van der Waals surface area (Å²) in [5.74, 6) is -2.31. The van der Waals surface area contributed by atoms with Crippen LogP contribution in [-0.2, 0) is 19.1 Å². The number of carbonyl (C=O) groups is 3. The normalized spacial score (nSPS) is 12.6. The minimum absolute atomic E-state index is 0.0428. The zero-order valence-corrected chi connectivity index (χ0v) is 16.3. The molecule has 0 aliphatic heterocycles. The van der Waals surface area contributed by atoms with Crippen LogP contribution in [0.1, 0.15) is 30.6 Å². The second-order valence-corrected chi connectivity index (χ2v) is 6.52. The lowest BCUT2D eigenvalue weighted by Gasteiger charge is -2.21. The second kappa shape index (κ2) is 10.5. The molecule has 9 nitrogen and oxygen atoms in total. The predicted molar refractivity (Wildman–Crippen MR) is 98.6 cm³/mol. The first-order valence-corrected chi connectivity index (χ1v) is 9.34. The summed E-state index contributed by atoms with van der Waals surface area (Å²) in [6.07, 6.45) is 2.31. The lowest BCUT2D eigenvalue weighted by molar-refractivity contribution is -0.387. The number of thioether (sulfide) groups is 1. The van der Waals surface area contributed by atoms with Gasteiger partial charge in [0.25, 0.3) is 11.6 Å². The summed E-state index contributed by atoms with van der Waals surface area (Å²) >= 11 is 1.18. The summed E-state index contributed by atoms with van der Waals surface area (Å²) in [6.45, 7) is 3.01. The van der Waals surface area contributed by atoms with E-state index in [0.29, 0.717) is 11.3 Å². The third-order valence-corrected chi connectivity index (χ3v) is 4.72. The first-order valence-electron chi connectivity index (χ1n) is 8.11. The van der Waals surface area contributed by atoms with E-state index < -0.39 is 35.4 Å². The Balaban J connectivity index is 2.76. The van der Waals surface area contributed by atoms with E-state index in [-0.39, 0.29) is 17.2 Å². The molecule has 27 heavy (non-hydrogen) atoms. The highest BCUT2D eigenvalue weighted by molar-refractivity contribution is 7.98. The molecule has 2 atom stereocenters. The molecule has 0 fully saturated rings. The van der Waals surface area contributed by atoms with E-state index >= 15 is 0 Å². The number of ether oxygens (including phenoxy) is 2. The van der Waals surface area contributed by atoms with Crippen LogP contribution in [0.15, 0.2) is 23.1 Å². The molecule has 0 bridgehead atoms. The molecule has 0 heterocycles. The average Bonchev–Trinajstić information content (AvgIpc) is 2.68. The Bertz CT molecular complexity index is 723. The van der Waals surface area contributed by atoms with Gasteiger partial charge in [-0.05, 0) is 24.3 Å². The van der Waals surface area contributed by atoms with Crippen molar-refractivity contribution in [3.05, 3.63) is 33.9 Å². The van der Waals surface area contributed by atoms with Gasteiger partial charge in [0.05, 0.1) is 22.5 Å². The van der Waals surface area contributed by atoms with Crippen LogP contribution in [0.25, 0.3) is 0 Å². The standard InChI is InChI=1S/C17H22N2O7S/c1-5-10(2)15(17(22)25-3)18-14(20)9-26-16(21)11-6-7-13(27-4)12(8-11)19(23)24/h6-8,10,15H,5,9H2,1-4H3,(H,18,20)/t10-,15+/m1/s1. The van der Waals surface area contributed by atoms with Crippen molar-refractivity contribution in [2.75, 3.05) is 20.0 Å². The number of carbonyl (C=O) groups excluding carboxylic acids is 3. The Morgan fingerprint density at radius 2 is 2.00 bits per heavy atom. The lowest BCUT2D eigenvalue weighted by Crippen LogP contribution is -2.47. The molecule has 0 spiro atoms. The highest BCUT2D eigenvalue weighted by Crippen LogP contribution is 2.28. The van der Waals surface area contributed by atoms with Gasteiger partial charge >= 0.3 is 11.9 Å². The molecule has 1 aromatic rings. The van der Waals surface area contributed by atoms with E-state index in [1.165, 1.54) is 31.0 Å². The van der Waals surface area contributed by atoms with Gasteiger partial charge in [-0.2, -0.15) is 0 Å². The number of hydrogen-bond donors (Lipinski definition) is 1. The summed E-state index contributed by atoms with van der Waals surface area (Å²) in [6, 6.07) is 3.07. The molecule has 1 amide bonds. The SMILES string of the molecule is CC[C@@H](C)[C@H](NC(=O)COC(=O)c1ccc(SC)c([N+](=O)[O-])c1)C(=O)OC. The number of nitro groups is 1. The topological polar surface area (TPSA) is 125 Å². The van der Waals surface area contributed by atoms with Gasteiger partial charge in [0.1, 0.15) is 6.04 Å². The van der Waals surface area contributed by atoms with Crippen LogP contribution in [0.5, 0.6) is 0 Å². The number of esters is 2. The average molecular weight is 398 g/mol. The quantitative estimate of drug-likeness (QED) is 0.290. The van der Waals surface area contributed by atoms with E-state index in [4.69, 9.17) is 4.74 Å². The fourth-order valence-electron chi connectivity index (χ4n) is 2.19. The van der Waals surface area contributed by atoms with E-state index in [1.807, 2.05) is 6.92 Å². The molecule has 10 heteroatoms. The Hall–Kier alpha value is -2.62. The van der Waals surface area contributed by atoms with Crippen molar-refractivity contribution in [2.45, 2.75) is 31.2 Å². The van der Waals surface area contributed by atoms with Gasteiger partial charge in [0.2, 0.25) is 0 Å². The molecule has 0 aromatic heterocycles. The van der Waals surface area contributed by atoms with Crippen molar-refractivity contribution in [1.29, 1.82) is 0 Å². The highest BCUT2D eigenvalue weighted by atomic mass is 32.2. The van der Waals surface area contributed by atoms with Gasteiger partial charge in [-0.25, -0.2) is 9.59 Å². The molecule has 148 valence electrons. The smallest absolute Gasteiger partial charge is 0.338 e. The Kier molecular flexibility index (Phi) is 8.73. The number of methoxy groups -OCH3 is 1. The Labute approximate surface area is 160 Å². The molecule has 0 aliphatic carbocycles. The number of hydrogen-bond acceptors (Lipinski definition) is 8. The van der Waals surface area contributed by atoms with Gasteiger partial charge in [-0.3, -0.25) is 14.9 Å². The molecule has 0 radical (unpaired) electrons. The zero-order valence-electron chi connectivity index (χ0n) is 15.5. The summed E-state index contributed by atoms with van der Waals surface area (Å²) in [4.78, 5) is 46.7. The summed E-state index contributed by atoms with van der Waals surface area (Å²) in [7, 11) is 1.22. The van der Waals surface area contributed by atoms with Crippen molar-refractivity contribution in [3.8, 4) is 0 Å². The maximum Gasteiger partial charge on any atom is 0.338 e. The molecular weight excluding hydrogens is 376 g/mol. The molecular formula is C17H22N2O7S. The first-order chi connectivity index (χ1) is 12.7. The van der Waals surface area contributed by atoms with Crippen LogP contribution in [-0.4, -0.2) is 48.8 Å². The number of nitro benzene ring substituents is 1. The monoisotopic (exact) mass is 398 g/mol. The van der Waals surface area contributed by atoms with Gasteiger partial charge in [0.15, 0.2) is 6.61 Å². The van der Waals surface area contributed by atoms with Crippen molar-refractivity contribution in [3.63, 3.8) is 0 Å². The van der Waals surface area contributed by atoms with Crippen molar-refractivity contribution in [2.24, 2.45) is 5.92 Å². The van der Waals surface area contributed by atoms with E-state index in [0.717, 1.165) is 6.07 Å². The van der Waals surface area contributed by atoms with Crippen LogP contribution in [0.3, 0.4) is 0 Å². The number of nitrogens with one attached hydrogen (secondary N) is 1. The zero-order chi connectivity index (χ0) is 20.6. The van der Waals surface area contributed by atoms with Crippen LogP contribution in [0.4, 0.5) is 5.69 Å². The maximum atomic E-state index is 12.1. The minimum atomic E-state index is -0.876. The second-order valence-electron chi connectivity index (χ2n) is 5.67. The number of nitrogens with zero attached hydrogens (tertiary/aromatic N) is 1. The highest BCUT2D eigenvalue weighted by Gasteiger charge is 2.27. The molecule has 0 aliphatic rings. The fraction of sp³-hybridized carbons (Fsp3) is 0.471. The van der Waals surface area contributed by atoms with Crippen LogP contribution in [0.2, 0.25) is 0 Å². The molecule has 1 N–H and O–H groups in total. The molecule has 0 saturated heterocycles. The predicted octanol–water partition coefficient (Wildman–Crippen LogP) is 2.18. The third kappa shape index (κ3) is 6.24. The Morgan fingerprint density at radius 3 is 2.52 bits per heavy atom.